The first-order chi connectivity index (χ1) is 14.1. The van der Waals surface area contributed by atoms with Gasteiger partial charge in [-0.25, -0.2) is 9.37 Å². The second-order valence-electron chi connectivity index (χ2n) is 6.70. The van der Waals surface area contributed by atoms with Crippen LogP contribution in [0, 0.1) is 5.82 Å². The van der Waals surface area contributed by atoms with Crippen molar-refractivity contribution in [1.29, 1.82) is 0 Å². The summed E-state index contributed by atoms with van der Waals surface area (Å²) < 4.78 is 20.4. The number of benzene rings is 2. The average Bonchev–Trinajstić information content (AvgIpc) is 2.74. The minimum absolute atomic E-state index is 0.137. The van der Waals surface area contributed by atoms with Crippen molar-refractivity contribution in [3.8, 4) is 0 Å². The zero-order valence-electron chi connectivity index (χ0n) is 15.5. The number of hydrogen-bond acceptors (Lipinski definition) is 4. The largest absolute Gasteiger partial charge is 0.370 e. The van der Waals surface area contributed by atoms with Gasteiger partial charge in [-0.2, -0.15) is 0 Å². The molecule has 29 heavy (non-hydrogen) atoms. The topological polar surface area (TPSA) is 54.5 Å². The van der Waals surface area contributed by atoms with E-state index in [1.54, 1.807) is 35.4 Å². The third kappa shape index (κ3) is 4.63. The summed E-state index contributed by atoms with van der Waals surface area (Å²) in [4.78, 5) is 19.3. The van der Waals surface area contributed by atoms with Gasteiger partial charge < -0.3 is 15.0 Å². The van der Waals surface area contributed by atoms with E-state index < -0.39 is 0 Å². The Bertz CT molecular complexity index is 1010. The molecule has 1 aliphatic heterocycles. The zero-order valence-corrected chi connectivity index (χ0v) is 17.1. The average molecular weight is 456 g/mol. The van der Waals surface area contributed by atoms with Gasteiger partial charge in [0.05, 0.1) is 18.7 Å². The highest BCUT2D eigenvalue weighted by Crippen LogP contribution is 2.26. The molecule has 5 nitrogen and oxygen atoms in total. The van der Waals surface area contributed by atoms with Crippen LogP contribution in [0.5, 0.6) is 0 Å². The Morgan fingerprint density at radius 2 is 2.00 bits per heavy atom. The van der Waals surface area contributed by atoms with E-state index in [0.717, 1.165) is 10.0 Å². The SMILES string of the molecule is O=C(c1cccnc1Nc1cccc(F)c1)N1CCOC(c2ccc(Br)cc2)C1. The van der Waals surface area contributed by atoms with Crippen LogP contribution in [-0.4, -0.2) is 35.5 Å². The molecule has 0 radical (unpaired) electrons. The fourth-order valence-electron chi connectivity index (χ4n) is 3.26. The van der Waals surface area contributed by atoms with Crippen LogP contribution < -0.4 is 5.32 Å². The van der Waals surface area contributed by atoms with Crippen LogP contribution in [0.15, 0.2) is 71.3 Å². The molecule has 1 fully saturated rings. The molecule has 0 bridgehead atoms. The van der Waals surface area contributed by atoms with Gasteiger partial charge in [0.15, 0.2) is 0 Å². The first-order valence-corrected chi connectivity index (χ1v) is 10.0. The van der Waals surface area contributed by atoms with Crippen molar-refractivity contribution in [1.82, 2.24) is 9.88 Å². The summed E-state index contributed by atoms with van der Waals surface area (Å²) in [5.74, 6) is -0.0958. The number of anilines is 2. The van der Waals surface area contributed by atoms with E-state index in [1.807, 2.05) is 24.3 Å². The van der Waals surface area contributed by atoms with Gasteiger partial charge in [0.25, 0.3) is 5.91 Å². The predicted octanol–water partition coefficient (Wildman–Crippen LogP) is 4.94. The summed E-state index contributed by atoms with van der Waals surface area (Å²) in [5.41, 5.74) is 2.00. The van der Waals surface area contributed by atoms with Gasteiger partial charge in [0.2, 0.25) is 0 Å². The molecule has 1 saturated heterocycles. The smallest absolute Gasteiger partial charge is 0.257 e. The maximum absolute atomic E-state index is 13.5. The Morgan fingerprint density at radius 1 is 1.17 bits per heavy atom. The molecule has 0 saturated carbocycles. The molecule has 2 heterocycles. The number of carbonyl (C=O) groups is 1. The number of carbonyl (C=O) groups excluding carboxylic acids is 1. The van der Waals surface area contributed by atoms with Crippen molar-refractivity contribution in [3.63, 3.8) is 0 Å². The summed E-state index contributed by atoms with van der Waals surface area (Å²) in [6, 6.07) is 17.4. The zero-order chi connectivity index (χ0) is 20.2. The van der Waals surface area contributed by atoms with E-state index in [0.29, 0.717) is 36.8 Å². The van der Waals surface area contributed by atoms with E-state index in [-0.39, 0.29) is 17.8 Å². The third-order valence-corrected chi connectivity index (χ3v) is 5.25. The van der Waals surface area contributed by atoms with Gasteiger partial charge >= 0.3 is 0 Å². The van der Waals surface area contributed by atoms with Crippen LogP contribution in [0.2, 0.25) is 0 Å². The van der Waals surface area contributed by atoms with Crippen molar-refractivity contribution >= 4 is 33.3 Å². The minimum Gasteiger partial charge on any atom is -0.370 e. The third-order valence-electron chi connectivity index (χ3n) is 4.72. The van der Waals surface area contributed by atoms with E-state index in [9.17, 15) is 9.18 Å². The first kappa shape index (κ1) is 19.5. The molecule has 148 valence electrons. The van der Waals surface area contributed by atoms with Gasteiger partial charge in [-0.05, 0) is 48.0 Å². The van der Waals surface area contributed by atoms with Crippen molar-refractivity contribution < 1.29 is 13.9 Å². The highest BCUT2D eigenvalue weighted by atomic mass is 79.9. The fraction of sp³-hybridized carbons (Fsp3) is 0.182. The number of amides is 1. The molecule has 7 heteroatoms. The van der Waals surface area contributed by atoms with Gasteiger partial charge in [0, 0.05) is 22.9 Å². The van der Waals surface area contributed by atoms with E-state index in [4.69, 9.17) is 4.74 Å². The van der Waals surface area contributed by atoms with Crippen molar-refractivity contribution in [2.45, 2.75) is 6.10 Å². The summed E-state index contributed by atoms with van der Waals surface area (Å²) >= 11 is 3.43. The Hall–Kier alpha value is -2.77. The Morgan fingerprint density at radius 3 is 2.79 bits per heavy atom. The Kier molecular flexibility index (Phi) is 5.87. The lowest BCUT2D eigenvalue weighted by Crippen LogP contribution is -2.42. The highest BCUT2D eigenvalue weighted by molar-refractivity contribution is 9.10. The molecular weight excluding hydrogens is 437 g/mol. The summed E-state index contributed by atoms with van der Waals surface area (Å²) in [7, 11) is 0. The molecule has 2 aromatic carbocycles. The number of nitrogens with one attached hydrogen (secondary N) is 1. The van der Waals surface area contributed by atoms with E-state index in [2.05, 4.69) is 26.2 Å². The van der Waals surface area contributed by atoms with Crippen LogP contribution >= 0.6 is 15.9 Å². The molecule has 1 atom stereocenters. The number of halogens is 2. The number of pyridine rings is 1. The number of aromatic nitrogens is 1. The predicted molar refractivity (Wildman–Crippen MR) is 113 cm³/mol. The maximum atomic E-state index is 13.5. The fourth-order valence-corrected chi connectivity index (χ4v) is 3.53. The first-order valence-electron chi connectivity index (χ1n) is 9.24. The molecule has 1 aromatic heterocycles. The number of morpholine rings is 1. The van der Waals surface area contributed by atoms with Crippen LogP contribution in [0.25, 0.3) is 0 Å². The molecule has 3 aromatic rings. The summed E-state index contributed by atoms with van der Waals surface area (Å²) in [6.45, 7) is 1.41. The second-order valence-corrected chi connectivity index (χ2v) is 7.61. The number of ether oxygens (including phenoxy) is 1. The Labute approximate surface area is 176 Å². The molecule has 1 N–H and O–H groups in total. The van der Waals surface area contributed by atoms with Crippen molar-refractivity contribution in [2.75, 3.05) is 25.0 Å². The van der Waals surface area contributed by atoms with Crippen LogP contribution in [0.4, 0.5) is 15.9 Å². The lowest BCUT2D eigenvalue weighted by Gasteiger charge is -2.33. The van der Waals surface area contributed by atoms with E-state index >= 15 is 0 Å². The number of nitrogens with zero attached hydrogens (tertiary/aromatic N) is 2. The van der Waals surface area contributed by atoms with Gasteiger partial charge in [0.1, 0.15) is 17.7 Å². The van der Waals surface area contributed by atoms with Crippen LogP contribution in [0.1, 0.15) is 22.0 Å². The quantitative estimate of drug-likeness (QED) is 0.605. The lowest BCUT2D eigenvalue weighted by atomic mass is 10.1. The Balaban J connectivity index is 1.54. The molecule has 0 spiro atoms. The maximum Gasteiger partial charge on any atom is 0.257 e. The summed E-state index contributed by atoms with van der Waals surface area (Å²) in [5, 5.41) is 3.05. The molecule has 4 rings (SSSR count). The number of rotatable bonds is 4. The summed E-state index contributed by atoms with van der Waals surface area (Å²) in [6.07, 6.45) is 1.42. The van der Waals surface area contributed by atoms with Gasteiger partial charge in [-0.1, -0.05) is 34.1 Å². The molecule has 0 aliphatic carbocycles. The highest BCUT2D eigenvalue weighted by Gasteiger charge is 2.27. The standard InChI is InChI=1S/C22H19BrFN3O2/c23-16-8-6-15(7-9-16)20-14-27(11-12-29-20)22(28)19-5-2-10-25-21(19)26-18-4-1-3-17(24)13-18/h1-10,13,20H,11-12,14H2,(H,25,26). The normalized spacial score (nSPS) is 16.5. The van der Waals surface area contributed by atoms with Crippen LogP contribution in [0.3, 0.4) is 0 Å². The second kappa shape index (κ2) is 8.71. The van der Waals surface area contributed by atoms with Crippen molar-refractivity contribution in [2.24, 2.45) is 0 Å². The molecule has 1 amide bonds. The van der Waals surface area contributed by atoms with Gasteiger partial charge in [-0.3, -0.25) is 4.79 Å². The van der Waals surface area contributed by atoms with Crippen molar-refractivity contribution in [3.05, 3.63) is 88.3 Å². The lowest BCUT2D eigenvalue weighted by molar-refractivity contribution is -0.0228. The monoisotopic (exact) mass is 455 g/mol. The number of hydrogen-bond donors (Lipinski definition) is 1. The molecule has 1 aliphatic rings. The minimum atomic E-state index is -0.357. The van der Waals surface area contributed by atoms with E-state index in [1.165, 1.54) is 12.1 Å². The molecule has 1 unspecified atom stereocenters. The molecular formula is C22H19BrFN3O2. The van der Waals surface area contributed by atoms with Gasteiger partial charge in [-0.15, -0.1) is 0 Å². The van der Waals surface area contributed by atoms with Crippen LogP contribution in [-0.2, 0) is 4.74 Å².